The van der Waals surface area contributed by atoms with Crippen molar-refractivity contribution < 1.29 is 14.3 Å². The van der Waals surface area contributed by atoms with Gasteiger partial charge in [-0.15, -0.1) is 0 Å². The Morgan fingerprint density at radius 3 is 2.69 bits per heavy atom. The van der Waals surface area contributed by atoms with Gasteiger partial charge >= 0.3 is 0 Å². The predicted molar refractivity (Wildman–Crippen MR) is 110 cm³/mol. The molecule has 2 aromatic rings. The van der Waals surface area contributed by atoms with Crippen molar-refractivity contribution in [3.8, 4) is 0 Å². The van der Waals surface area contributed by atoms with Crippen LogP contribution in [0.1, 0.15) is 49.6 Å². The number of carbonyl (C=O) groups is 2. The third-order valence-corrected chi connectivity index (χ3v) is 5.77. The zero-order valence-corrected chi connectivity index (χ0v) is 17.1. The standard InChI is InChI=1S/C22H28N4O3/c1-17(2)26-19(10-12-23-26)20(27)24-14-15-29-22(16-24)11-6-7-13-25(21(22)28)18-8-4-3-5-9-18/h3-5,8-10,12,17H,6-7,11,13-16H2,1-2H3. The van der Waals surface area contributed by atoms with E-state index in [2.05, 4.69) is 5.10 Å². The molecule has 0 aliphatic carbocycles. The molecule has 154 valence electrons. The van der Waals surface area contributed by atoms with Crippen LogP contribution in [0.25, 0.3) is 0 Å². The fourth-order valence-electron chi connectivity index (χ4n) is 4.28. The van der Waals surface area contributed by atoms with E-state index in [9.17, 15) is 9.59 Å². The highest BCUT2D eigenvalue weighted by Crippen LogP contribution is 2.32. The van der Waals surface area contributed by atoms with Crippen LogP contribution < -0.4 is 4.90 Å². The molecule has 0 saturated carbocycles. The van der Waals surface area contributed by atoms with Gasteiger partial charge in [0.2, 0.25) is 0 Å². The molecule has 2 fully saturated rings. The lowest BCUT2D eigenvalue weighted by molar-refractivity contribution is -0.155. The van der Waals surface area contributed by atoms with Crippen molar-refractivity contribution in [1.82, 2.24) is 14.7 Å². The molecular weight excluding hydrogens is 368 g/mol. The van der Waals surface area contributed by atoms with Gasteiger partial charge in [0.05, 0.1) is 13.2 Å². The number of amides is 2. The zero-order valence-electron chi connectivity index (χ0n) is 17.1. The molecule has 0 radical (unpaired) electrons. The number of para-hydroxylation sites is 1. The van der Waals surface area contributed by atoms with E-state index in [-0.39, 0.29) is 24.4 Å². The summed E-state index contributed by atoms with van der Waals surface area (Å²) in [7, 11) is 0. The fraction of sp³-hybridized carbons (Fsp3) is 0.500. The van der Waals surface area contributed by atoms with Crippen LogP contribution in [-0.2, 0) is 9.53 Å². The van der Waals surface area contributed by atoms with Gasteiger partial charge in [-0.3, -0.25) is 14.3 Å². The molecule has 7 heteroatoms. The maximum absolute atomic E-state index is 13.6. The Bertz CT molecular complexity index is 879. The van der Waals surface area contributed by atoms with Gasteiger partial charge in [0.15, 0.2) is 5.60 Å². The Morgan fingerprint density at radius 2 is 1.93 bits per heavy atom. The molecule has 2 amide bonds. The number of benzene rings is 1. The molecule has 1 atom stereocenters. The average Bonchev–Trinajstić information content (AvgIpc) is 3.18. The Morgan fingerprint density at radius 1 is 1.14 bits per heavy atom. The summed E-state index contributed by atoms with van der Waals surface area (Å²) < 4.78 is 7.85. The minimum Gasteiger partial charge on any atom is -0.361 e. The summed E-state index contributed by atoms with van der Waals surface area (Å²) >= 11 is 0. The van der Waals surface area contributed by atoms with E-state index in [0.717, 1.165) is 18.5 Å². The van der Waals surface area contributed by atoms with E-state index in [1.165, 1.54) is 0 Å². The Hall–Kier alpha value is -2.67. The maximum atomic E-state index is 13.6. The van der Waals surface area contributed by atoms with Crippen molar-refractivity contribution in [2.24, 2.45) is 0 Å². The van der Waals surface area contributed by atoms with Crippen LogP contribution in [0.5, 0.6) is 0 Å². The van der Waals surface area contributed by atoms with Crippen LogP contribution in [0.2, 0.25) is 0 Å². The summed E-state index contributed by atoms with van der Waals surface area (Å²) in [6.45, 7) is 5.77. The monoisotopic (exact) mass is 396 g/mol. The van der Waals surface area contributed by atoms with Crippen LogP contribution in [0.3, 0.4) is 0 Å². The van der Waals surface area contributed by atoms with Crippen LogP contribution >= 0.6 is 0 Å². The lowest BCUT2D eigenvalue weighted by Crippen LogP contribution is -2.61. The number of hydrogen-bond acceptors (Lipinski definition) is 4. The normalized spacial score (nSPS) is 22.9. The second-order valence-electron chi connectivity index (χ2n) is 8.07. The van der Waals surface area contributed by atoms with Crippen molar-refractivity contribution in [1.29, 1.82) is 0 Å². The minimum atomic E-state index is -0.983. The lowest BCUT2D eigenvalue weighted by Gasteiger charge is -2.42. The molecule has 29 heavy (non-hydrogen) atoms. The highest BCUT2D eigenvalue weighted by molar-refractivity contribution is 6.01. The fourth-order valence-corrected chi connectivity index (χ4v) is 4.28. The number of hydrogen-bond donors (Lipinski definition) is 0. The molecule has 2 saturated heterocycles. The SMILES string of the molecule is CC(C)n1nccc1C(=O)N1CCOC2(CCCCN(c3ccccc3)C2=O)C1. The summed E-state index contributed by atoms with van der Waals surface area (Å²) in [6.07, 6.45) is 4.08. The van der Waals surface area contributed by atoms with Crippen molar-refractivity contribution >= 4 is 17.5 Å². The molecule has 1 aromatic carbocycles. The first-order chi connectivity index (χ1) is 14.0. The van der Waals surface area contributed by atoms with Gasteiger partial charge < -0.3 is 14.5 Å². The maximum Gasteiger partial charge on any atom is 0.272 e. The lowest BCUT2D eigenvalue weighted by atomic mass is 9.93. The number of nitrogens with zero attached hydrogens (tertiary/aromatic N) is 4. The second-order valence-corrected chi connectivity index (χ2v) is 8.07. The van der Waals surface area contributed by atoms with E-state index < -0.39 is 5.60 Å². The van der Waals surface area contributed by atoms with Gasteiger partial charge in [-0.05, 0) is 51.3 Å². The first kappa shape index (κ1) is 19.6. The summed E-state index contributed by atoms with van der Waals surface area (Å²) in [5, 5.41) is 4.28. The van der Waals surface area contributed by atoms with Crippen LogP contribution in [0.15, 0.2) is 42.6 Å². The molecule has 0 bridgehead atoms. The van der Waals surface area contributed by atoms with Crippen LogP contribution in [0, 0.1) is 0 Å². The zero-order chi connectivity index (χ0) is 20.4. The van der Waals surface area contributed by atoms with Crippen molar-refractivity contribution in [3.63, 3.8) is 0 Å². The van der Waals surface area contributed by atoms with E-state index in [4.69, 9.17) is 4.74 Å². The molecule has 1 unspecified atom stereocenters. The highest BCUT2D eigenvalue weighted by Gasteiger charge is 2.48. The predicted octanol–water partition coefficient (Wildman–Crippen LogP) is 2.89. The van der Waals surface area contributed by atoms with Gasteiger partial charge in [-0.25, -0.2) is 0 Å². The van der Waals surface area contributed by atoms with Crippen LogP contribution in [0.4, 0.5) is 5.69 Å². The molecule has 4 rings (SSSR count). The molecule has 1 spiro atoms. The van der Waals surface area contributed by atoms with Crippen molar-refractivity contribution in [2.45, 2.75) is 44.8 Å². The van der Waals surface area contributed by atoms with E-state index in [0.29, 0.717) is 31.8 Å². The molecule has 2 aliphatic rings. The number of ether oxygens (including phenoxy) is 1. The van der Waals surface area contributed by atoms with Crippen LogP contribution in [-0.4, -0.2) is 58.3 Å². The highest BCUT2D eigenvalue weighted by atomic mass is 16.5. The average molecular weight is 396 g/mol. The number of morpholine rings is 1. The topological polar surface area (TPSA) is 67.7 Å². The first-order valence-electron chi connectivity index (χ1n) is 10.4. The Balaban J connectivity index is 1.60. The number of rotatable bonds is 3. The van der Waals surface area contributed by atoms with Gasteiger partial charge in [-0.1, -0.05) is 18.2 Å². The largest absolute Gasteiger partial charge is 0.361 e. The van der Waals surface area contributed by atoms with E-state index in [1.807, 2.05) is 49.1 Å². The smallest absolute Gasteiger partial charge is 0.272 e. The second kappa shape index (κ2) is 7.99. The van der Waals surface area contributed by atoms with E-state index in [1.54, 1.807) is 21.8 Å². The Kier molecular flexibility index (Phi) is 5.41. The van der Waals surface area contributed by atoms with Gasteiger partial charge in [0, 0.05) is 31.0 Å². The van der Waals surface area contributed by atoms with Crippen molar-refractivity contribution in [2.75, 3.05) is 31.1 Å². The van der Waals surface area contributed by atoms with E-state index >= 15 is 0 Å². The molecular formula is C22H28N4O3. The third kappa shape index (κ3) is 3.67. The number of carbonyl (C=O) groups excluding carboxylic acids is 2. The summed E-state index contributed by atoms with van der Waals surface area (Å²) in [6, 6.07) is 11.5. The molecule has 2 aliphatic heterocycles. The Labute approximate surface area is 171 Å². The van der Waals surface area contributed by atoms with Crippen molar-refractivity contribution in [3.05, 3.63) is 48.3 Å². The summed E-state index contributed by atoms with van der Waals surface area (Å²) in [5.74, 6) is -0.141. The minimum absolute atomic E-state index is 0.0453. The summed E-state index contributed by atoms with van der Waals surface area (Å²) in [4.78, 5) is 30.4. The molecule has 0 N–H and O–H groups in total. The quantitative estimate of drug-likeness (QED) is 0.800. The molecule has 3 heterocycles. The third-order valence-electron chi connectivity index (χ3n) is 5.77. The molecule has 1 aromatic heterocycles. The number of anilines is 1. The molecule has 7 nitrogen and oxygen atoms in total. The first-order valence-corrected chi connectivity index (χ1v) is 10.4. The van der Waals surface area contributed by atoms with Gasteiger partial charge in [0.25, 0.3) is 11.8 Å². The van der Waals surface area contributed by atoms with Gasteiger partial charge in [-0.2, -0.15) is 5.10 Å². The number of aromatic nitrogens is 2. The summed E-state index contributed by atoms with van der Waals surface area (Å²) in [5.41, 5.74) is 0.449. The van der Waals surface area contributed by atoms with Gasteiger partial charge in [0.1, 0.15) is 5.69 Å².